The van der Waals surface area contributed by atoms with Crippen LogP contribution in [0.2, 0.25) is 0 Å². The van der Waals surface area contributed by atoms with Gasteiger partial charge in [-0.1, -0.05) is 48.0 Å². The third kappa shape index (κ3) is 2.66. The van der Waals surface area contributed by atoms with Gasteiger partial charge in [0.2, 0.25) is 5.91 Å². The second-order valence-electron chi connectivity index (χ2n) is 7.01. The lowest BCUT2D eigenvalue weighted by atomic mass is 9.77. The summed E-state index contributed by atoms with van der Waals surface area (Å²) in [5.41, 5.74) is 4.61. The number of nitrogens with zero attached hydrogens (tertiary/aromatic N) is 1. The van der Waals surface area contributed by atoms with Crippen molar-refractivity contribution >= 4 is 11.6 Å². The summed E-state index contributed by atoms with van der Waals surface area (Å²) in [4.78, 5) is 15.1. The molecule has 1 amide bonds. The van der Waals surface area contributed by atoms with Gasteiger partial charge in [0, 0.05) is 18.8 Å². The molecule has 2 aliphatic rings. The lowest BCUT2D eigenvalue weighted by Gasteiger charge is -2.33. The maximum absolute atomic E-state index is 12.7. The van der Waals surface area contributed by atoms with Gasteiger partial charge >= 0.3 is 0 Å². The highest BCUT2D eigenvalue weighted by atomic mass is 16.2. The molecule has 0 saturated carbocycles. The van der Waals surface area contributed by atoms with E-state index in [1.54, 1.807) is 0 Å². The van der Waals surface area contributed by atoms with Crippen LogP contribution in [0, 0.1) is 12.3 Å². The van der Waals surface area contributed by atoms with Crippen molar-refractivity contribution < 1.29 is 4.79 Å². The third-order valence-corrected chi connectivity index (χ3v) is 5.24. The molecule has 2 aromatic rings. The fraction of sp³-hybridized carbons (Fsp3) is 0.350. The number of hydrogen-bond acceptors (Lipinski definition) is 2. The molecule has 1 N–H and O–H groups in total. The average Bonchev–Trinajstić information content (AvgIpc) is 2.95. The molecule has 0 aromatic heterocycles. The van der Waals surface area contributed by atoms with Crippen LogP contribution in [-0.2, 0) is 17.8 Å². The minimum atomic E-state index is -0.251. The van der Waals surface area contributed by atoms with Crippen LogP contribution >= 0.6 is 0 Å². The normalized spacial score (nSPS) is 23.8. The van der Waals surface area contributed by atoms with Gasteiger partial charge in [0.25, 0.3) is 0 Å². The van der Waals surface area contributed by atoms with Crippen LogP contribution in [-0.4, -0.2) is 23.9 Å². The standard InChI is InChI=1S/C20H22N2O/c1-15-6-8-16(9-7-15)13-22-11-10-20(14-22)12-17-4-2-3-5-18(17)21-19(20)23/h2-9H,10-14H2,1H3,(H,21,23). The summed E-state index contributed by atoms with van der Waals surface area (Å²) in [6, 6.07) is 16.9. The van der Waals surface area contributed by atoms with Gasteiger partial charge in [-0.2, -0.15) is 0 Å². The molecule has 1 spiro atoms. The number of aryl methyl sites for hydroxylation is 1. The number of amides is 1. The van der Waals surface area contributed by atoms with E-state index in [2.05, 4.69) is 53.5 Å². The van der Waals surface area contributed by atoms with Crippen molar-refractivity contribution in [3.8, 4) is 0 Å². The molecule has 0 aliphatic carbocycles. The molecule has 3 nitrogen and oxygen atoms in total. The summed E-state index contributed by atoms with van der Waals surface area (Å²) in [6.07, 6.45) is 1.80. The molecule has 1 saturated heterocycles. The van der Waals surface area contributed by atoms with E-state index in [1.165, 1.54) is 16.7 Å². The Kier molecular flexibility index (Phi) is 3.46. The molecule has 0 bridgehead atoms. The second kappa shape index (κ2) is 5.50. The zero-order valence-corrected chi connectivity index (χ0v) is 13.5. The van der Waals surface area contributed by atoms with Crippen molar-refractivity contribution in [2.75, 3.05) is 18.4 Å². The summed E-state index contributed by atoms with van der Waals surface area (Å²) < 4.78 is 0. The monoisotopic (exact) mass is 306 g/mol. The van der Waals surface area contributed by atoms with Crippen LogP contribution in [0.5, 0.6) is 0 Å². The van der Waals surface area contributed by atoms with Crippen molar-refractivity contribution in [3.05, 3.63) is 65.2 Å². The highest BCUT2D eigenvalue weighted by molar-refractivity contribution is 5.98. The minimum absolute atomic E-state index is 0.197. The Hall–Kier alpha value is -2.13. The molecule has 2 aliphatic heterocycles. The number of anilines is 1. The smallest absolute Gasteiger partial charge is 0.232 e. The lowest BCUT2D eigenvalue weighted by molar-refractivity contribution is -0.125. The van der Waals surface area contributed by atoms with Gasteiger partial charge in [0.05, 0.1) is 5.41 Å². The molecule has 2 heterocycles. The molecule has 1 unspecified atom stereocenters. The van der Waals surface area contributed by atoms with Gasteiger partial charge in [-0.3, -0.25) is 9.69 Å². The number of benzene rings is 2. The van der Waals surface area contributed by atoms with E-state index >= 15 is 0 Å². The Morgan fingerprint density at radius 3 is 2.74 bits per heavy atom. The van der Waals surface area contributed by atoms with Gasteiger partial charge in [0.1, 0.15) is 0 Å². The Balaban J connectivity index is 1.51. The maximum Gasteiger partial charge on any atom is 0.232 e. The first kappa shape index (κ1) is 14.5. The Bertz CT molecular complexity index is 738. The first-order valence-electron chi connectivity index (χ1n) is 8.32. The van der Waals surface area contributed by atoms with Gasteiger partial charge in [-0.05, 0) is 43.5 Å². The summed E-state index contributed by atoms with van der Waals surface area (Å²) in [5.74, 6) is 0.197. The summed E-state index contributed by atoms with van der Waals surface area (Å²) >= 11 is 0. The quantitative estimate of drug-likeness (QED) is 0.922. The second-order valence-corrected chi connectivity index (χ2v) is 7.01. The van der Waals surface area contributed by atoms with E-state index in [0.717, 1.165) is 38.2 Å². The number of carbonyl (C=O) groups excluding carboxylic acids is 1. The molecular formula is C20H22N2O. The molecule has 3 heteroatoms. The molecule has 4 rings (SSSR count). The van der Waals surface area contributed by atoms with Gasteiger partial charge in [-0.15, -0.1) is 0 Å². The number of para-hydroxylation sites is 1. The van der Waals surface area contributed by atoms with Crippen LogP contribution in [0.4, 0.5) is 5.69 Å². The Labute approximate surface area is 137 Å². The zero-order valence-electron chi connectivity index (χ0n) is 13.5. The number of likely N-dealkylation sites (tertiary alicyclic amines) is 1. The highest BCUT2D eigenvalue weighted by Crippen LogP contribution is 2.41. The van der Waals surface area contributed by atoms with Crippen LogP contribution in [0.3, 0.4) is 0 Å². The van der Waals surface area contributed by atoms with Crippen molar-refractivity contribution in [2.45, 2.75) is 26.3 Å². The molecule has 1 atom stereocenters. The van der Waals surface area contributed by atoms with Crippen LogP contribution in [0.15, 0.2) is 48.5 Å². The summed E-state index contributed by atoms with van der Waals surface area (Å²) in [6.45, 7) is 4.87. The Morgan fingerprint density at radius 1 is 1.13 bits per heavy atom. The number of rotatable bonds is 2. The van der Waals surface area contributed by atoms with Crippen molar-refractivity contribution in [1.29, 1.82) is 0 Å². The largest absolute Gasteiger partial charge is 0.325 e. The minimum Gasteiger partial charge on any atom is -0.325 e. The number of carbonyl (C=O) groups is 1. The maximum atomic E-state index is 12.7. The number of fused-ring (bicyclic) bond motifs is 1. The average molecular weight is 306 g/mol. The molecule has 118 valence electrons. The van der Waals surface area contributed by atoms with E-state index in [9.17, 15) is 4.79 Å². The highest BCUT2D eigenvalue weighted by Gasteiger charge is 2.46. The third-order valence-electron chi connectivity index (χ3n) is 5.24. The summed E-state index contributed by atoms with van der Waals surface area (Å²) in [5, 5.41) is 3.12. The van der Waals surface area contributed by atoms with E-state index in [4.69, 9.17) is 0 Å². The molecule has 1 fully saturated rings. The molecule has 2 aromatic carbocycles. The predicted octanol–water partition coefficient (Wildman–Crippen LogP) is 3.38. The first-order valence-corrected chi connectivity index (χ1v) is 8.32. The molecular weight excluding hydrogens is 284 g/mol. The lowest BCUT2D eigenvalue weighted by Crippen LogP contribution is -2.43. The van der Waals surface area contributed by atoms with Crippen molar-refractivity contribution in [3.63, 3.8) is 0 Å². The molecule has 23 heavy (non-hydrogen) atoms. The SMILES string of the molecule is Cc1ccc(CN2CCC3(Cc4ccccc4NC3=O)C2)cc1. The number of hydrogen-bond donors (Lipinski definition) is 1. The van der Waals surface area contributed by atoms with Crippen LogP contribution in [0.1, 0.15) is 23.1 Å². The van der Waals surface area contributed by atoms with E-state index in [1.807, 2.05) is 12.1 Å². The summed E-state index contributed by atoms with van der Waals surface area (Å²) in [7, 11) is 0. The molecule has 0 radical (unpaired) electrons. The predicted molar refractivity (Wildman–Crippen MR) is 92.3 cm³/mol. The fourth-order valence-corrected chi connectivity index (χ4v) is 3.87. The number of nitrogens with one attached hydrogen (secondary N) is 1. The van der Waals surface area contributed by atoms with Crippen LogP contribution < -0.4 is 5.32 Å². The fourth-order valence-electron chi connectivity index (χ4n) is 3.87. The van der Waals surface area contributed by atoms with E-state index in [0.29, 0.717) is 0 Å². The zero-order chi connectivity index (χ0) is 15.9. The first-order chi connectivity index (χ1) is 11.1. The van der Waals surface area contributed by atoms with Crippen molar-refractivity contribution in [2.24, 2.45) is 5.41 Å². The van der Waals surface area contributed by atoms with Gasteiger partial charge in [0.15, 0.2) is 0 Å². The van der Waals surface area contributed by atoms with Crippen LogP contribution in [0.25, 0.3) is 0 Å². The van der Waals surface area contributed by atoms with E-state index in [-0.39, 0.29) is 11.3 Å². The Morgan fingerprint density at radius 2 is 1.91 bits per heavy atom. The topological polar surface area (TPSA) is 32.3 Å². The van der Waals surface area contributed by atoms with Gasteiger partial charge < -0.3 is 5.32 Å². The van der Waals surface area contributed by atoms with E-state index < -0.39 is 0 Å². The van der Waals surface area contributed by atoms with Crippen molar-refractivity contribution in [1.82, 2.24) is 4.90 Å². The van der Waals surface area contributed by atoms with Gasteiger partial charge in [-0.25, -0.2) is 0 Å².